The number of rotatable bonds is 5. The van der Waals surface area contributed by atoms with E-state index in [4.69, 9.17) is 0 Å². The van der Waals surface area contributed by atoms with Gasteiger partial charge in [0.1, 0.15) is 0 Å². The summed E-state index contributed by atoms with van der Waals surface area (Å²) in [6, 6.07) is 6.64. The summed E-state index contributed by atoms with van der Waals surface area (Å²) < 4.78 is 4.59. The molecule has 0 saturated heterocycles. The second-order valence-electron chi connectivity index (χ2n) is 5.89. The van der Waals surface area contributed by atoms with Crippen LogP contribution in [0.2, 0.25) is 0 Å². The number of ether oxygens (including phenoxy) is 1. The molecule has 0 atom stereocenters. The maximum absolute atomic E-state index is 11.0. The van der Waals surface area contributed by atoms with Gasteiger partial charge in [-0.05, 0) is 42.0 Å². The molecule has 0 radical (unpaired) electrons. The van der Waals surface area contributed by atoms with Crippen molar-refractivity contribution in [2.45, 2.75) is 39.5 Å². The Morgan fingerprint density at radius 3 is 2.58 bits per heavy atom. The summed E-state index contributed by atoms with van der Waals surface area (Å²) in [5.41, 5.74) is 4.15. The summed E-state index contributed by atoms with van der Waals surface area (Å²) in [7, 11) is 1.40. The molecule has 0 unspecified atom stereocenters. The summed E-state index contributed by atoms with van der Waals surface area (Å²) in [5.74, 6) is -0.222. The fourth-order valence-electron chi connectivity index (χ4n) is 1.89. The zero-order chi connectivity index (χ0) is 14.5. The van der Waals surface area contributed by atoms with Crippen LogP contribution in [0.5, 0.6) is 0 Å². The summed E-state index contributed by atoms with van der Waals surface area (Å²) in [5, 5.41) is 3.10. The lowest BCUT2D eigenvalue weighted by atomic mass is 9.85. The van der Waals surface area contributed by atoms with Crippen LogP contribution in [0.4, 0.5) is 0 Å². The molecule has 0 bridgehead atoms. The van der Waals surface area contributed by atoms with Gasteiger partial charge in [0.2, 0.25) is 0 Å². The molecule has 1 aromatic rings. The fraction of sp³-hybridized carbons (Fsp3) is 0.562. The lowest BCUT2D eigenvalue weighted by Crippen LogP contribution is -2.26. The van der Waals surface area contributed by atoms with E-state index in [0.29, 0.717) is 0 Å². The van der Waals surface area contributed by atoms with E-state index < -0.39 is 0 Å². The van der Waals surface area contributed by atoms with Gasteiger partial charge < -0.3 is 10.1 Å². The lowest BCUT2D eigenvalue weighted by Gasteiger charge is -2.21. The van der Waals surface area contributed by atoms with Crippen molar-refractivity contribution in [3.8, 4) is 0 Å². The van der Waals surface area contributed by atoms with Crippen molar-refractivity contribution in [3.63, 3.8) is 0 Å². The van der Waals surface area contributed by atoms with Crippen LogP contribution in [0.15, 0.2) is 18.2 Å². The van der Waals surface area contributed by atoms with E-state index in [1.807, 2.05) is 0 Å². The monoisotopic (exact) mass is 263 g/mol. The average molecular weight is 263 g/mol. The zero-order valence-electron chi connectivity index (χ0n) is 12.7. The van der Waals surface area contributed by atoms with Crippen LogP contribution in [0.25, 0.3) is 0 Å². The van der Waals surface area contributed by atoms with Crippen molar-refractivity contribution in [1.82, 2.24) is 5.32 Å². The minimum absolute atomic E-state index is 0.169. The third-order valence-electron chi connectivity index (χ3n) is 3.28. The Morgan fingerprint density at radius 1 is 1.32 bits per heavy atom. The number of aryl methyl sites for hydroxylation is 1. The Balaban J connectivity index is 2.60. The molecule has 0 fully saturated rings. The van der Waals surface area contributed by atoms with Crippen molar-refractivity contribution < 1.29 is 9.53 Å². The van der Waals surface area contributed by atoms with E-state index in [2.05, 4.69) is 55.9 Å². The van der Waals surface area contributed by atoms with E-state index in [0.717, 1.165) is 13.0 Å². The molecule has 0 heterocycles. The molecule has 0 saturated carbocycles. The molecule has 1 rings (SSSR count). The van der Waals surface area contributed by atoms with Crippen LogP contribution in [0.1, 0.15) is 37.5 Å². The quantitative estimate of drug-likeness (QED) is 0.655. The number of esters is 1. The molecule has 0 amide bonds. The minimum Gasteiger partial charge on any atom is -0.468 e. The molecule has 0 aliphatic heterocycles. The Hall–Kier alpha value is -1.35. The van der Waals surface area contributed by atoms with Gasteiger partial charge in [0.15, 0.2) is 0 Å². The predicted molar refractivity (Wildman–Crippen MR) is 78.5 cm³/mol. The molecular weight excluding hydrogens is 238 g/mol. The molecule has 0 spiro atoms. The van der Waals surface area contributed by atoms with Crippen molar-refractivity contribution in [2.75, 3.05) is 20.2 Å². The molecular formula is C16H25NO2. The zero-order valence-corrected chi connectivity index (χ0v) is 12.7. The molecule has 106 valence electrons. The number of hydrogen-bond acceptors (Lipinski definition) is 3. The normalized spacial score (nSPS) is 11.4. The highest BCUT2D eigenvalue weighted by atomic mass is 16.5. The highest BCUT2D eigenvalue weighted by molar-refractivity contribution is 5.71. The maximum Gasteiger partial charge on any atom is 0.319 e. The second kappa shape index (κ2) is 6.71. The highest BCUT2D eigenvalue weighted by Crippen LogP contribution is 2.24. The SMILES string of the molecule is COC(=O)CNCCc1cc(C(C)(C)C)ccc1C. The third kappa shape index (κ3) is 5.03. The van der Waals surface area contributed by atoms with Crippen LogP contribution in [0, 0.1) is 6.92 Å². The Kier molecular flexibility index (Phi) is 5.55. The topological polar surface area (TPSA) is 38.3 Å². The van der Waals surface area contributed by atoms with Gasteiger partial charge in [-0.1, -0.05) is 39.0 Å². The predicted octanol–water partition coefficient (Wildman–Crippen LogP) is 2.60. The fourth-order valence-corrected chi connectivity index (χ4v) is 1.89. The smallest absolute Gasteiger partial charge is 0.319 e. The number of hydrogen-bond donors (Lipinski definition) is 1. The first-order valence-electron chi connectivity index (χ1n) is 6.72. The third-order valence-corrected chi connectivity index (χ3v) is 3.28. The van der Waals surface area contributed by atoms with Crippen LogP contribution >= 0.6 is 0 Å². The molecule has 1 aromatic carbocycles. The summed E-state index contributed by atoms with van der Waals surface area (Å²) >= 11 is 0. The van der Waals surface area contributed by atoms with Crippen molar-refractivity contribution in [3.05, 3.63) is 34.9 Å². The summed E-state index contributed by atoms with van der Waals surface area (Å²) in [6.45, 7) is 9.84. The maximum atomic E-state index is 11.0. The first-order chi connectivity index (χ1) is 8.84. The summed E-state index contributed by atoms with van der Waals surface area (Å²) in [4.78, 5) is 11.0. The van der Waals surface area contributed by atoms with Crippen molar-refractivity contribution >= 4 is 5.97 Å². The van der Waals surface area contributed by atoms with Gasteiger partial charge in [0.05, 0.1) is 13.7 Å². The molecule has 0 aromatic heterocycles. The first kappa shape index (κ1) is 15.7. The molecule has 1 N–H and O–H groups in total. The molecule has 0 aliphatic rings. The lowest BCUT2D eigenvalue weighted by molar-refractivity contribution is -0.139. The molecule has 3 nitrogen and oxygen atoms in total. The largest absolute Gasteiger partial charge is 0.468 e. The minimum atomic E-state index is -0.222. The van der Waals surface area contributed by atoms with E-state index in [1.54, 1.807) is 0 Å². The Bertz CT molecular complexity index is 433. The molecule has 19 heavy (non-hydrogen) atoms. The number of carbonyl (C=O) groups excluding carboxylic acids is 1. The molecule has 0 aliphatic carbocycles. The highest BCUT2D eigenvalue weighted by Gasteiger charge is 2.14. The van der Waals surface area contributed by atoms with Gasteiger partial charge in [-0.2, -0.15) is 0 Å². The molecule has 3 heteroatoms. The van der Waals surface area contributed by atoms with E-state index in [-0.39, 0.29) is 17.9 Å². The van der Waals surface area contributed by atoms with E-state index in [1.165, 1.54) is 23.8 Å². The van der Waals surface area contributed by atoms with Gasteiger partial charge in [0.25, 0.3) is 0 Å². The number of carbonyl (C=O) groups is 1. The van der Waals surface area contributed by atoms with Crippen LogP contribution in [-0.2, 0) is 21.4 Å². The average Bonchev–Trinajstić information content (AvgIpc) is 2.34. The number of benzene rings is 1. The van der Waals surface area contributed by atoms with Gasteiger partial charge in [-0.3, -0.25) is 4.79 Å². The van der Waals surface area contributed by atoms with Gasteiger partial charge in [-0.15, -0.1) is 0 Å². The Morgan fingerprint density at radius 2 is 2.00 bits per heavy atom. The van der Waals surface area contributed by atoms with Crippen LogP contribution in [0.3, 0.4) is 0 Å². The standard InChI is InChI=1S/C16H25NO2/c1-12-6-7-14(16(2,3)4)10-13(12)8-9-17-11-15(18)19-5/h6-7,10,17H,8-9,11H2,1-5H3. The van der Waals surface area contributed by atoms with Crippen LogP contribution < -0.4 is 5.32 Å². The number of methoxy groups -OCH3 is 1. The van der Waals surface area contributed by atoms with E-state index in [9.17, 15) is 4.79 Å². The van der Waals surface area contributed by atoms with Crippen molar-refractivity contribution in [1.29, 1.82) is 0 Å². The summed E-state index contributed by atoms with van der Waals surface area (Å²) in [6.07, 6.45) is 0.923. The van der Waals surface area contributed by atoms with Gasteiger partial charge in [0, 0.05) is 0 Å². The van der Waals surface area contributed by atoms with Crippen molar-refractivity contribution in [2.24, 2.45) is 0 Å². The van der Waals surface area contributed by atoms with Gasteiger partial charge >= 0.3 is 5.97 Å². The second-order valence-corrected chi connectivity index (χ2v) is 5.89. The number of nitrogens with one attached hydrogen (secondary N) is 1. The Labute approximate surface area is 116 Å². The first-order valence-corrected chi connectivity index (χ1v) is 6.72. The van der Waals surface area contributed by atoms with E-state index >= 15 is 0 Å². The van der Waals surface area contributed by atoms with Gasteiger partial charge in [-0.25, -0.2) is 0 Å². The van der Waals surface area contributed by atoms with Crippen LogP contribution in [-0.4, -0.2) is 26.2 Å².